The molecule has 1 heterocycles. The van der Waals surface area contributed by atoms with Gasteiger partial charge < -0.3 is 5.32 Å². The Morgan fingerprint density at radius 1 is 1.45 bits per heavy atom. The molecule has 0 amide bonds. The van der Waals surface area contributed by atoms with Gasteiger partial charge in [-0.1, -0.05) is 13.0 Å². The molecule has 1 unspecified atom stereocenters. The number of aromatic nitrogens is 1. The molecule has 0 saturated carbocycles. The molecule has 1 aromatic heterocycles. The highest BCUT2D eigenvalue weighted by Gasteiger charge is 2.18. The first kappa shape index (κ1) is 15.5. The van der Waals surface area contributed by atoms with E-state index < -0.39 is 0 Å². The Kier molecular flexibility index (Phi) is 5.18. The molecular weight excluding hydrogens is 291 g/mol. The zero-order chi connectivity index (χ0) is 14.7. The van der Waals surface area contributed by atoms with E-state index in [2.05, 4.69) is 24.1 Å². The topological polar surface area (TPSA) is 24.9 Å². The molecule has 2 rings (SSSR count). The molecule has 108 valence electrons. The molecule has 2 aromatic rings. The van der Waals surface area contributed by atoms with Crippen LogP contribution >= 0.6 is 23.1 Å². The molecule has 0 aliphatic rings. The van der Waals surface area contributed by atoms with Gasteiger partial charge in [0, 0.05) is 15.8 Å². The molecule has 0 radical (unpaired) electrons. The lowest BCUT2D eigenvalue weighted by molar-refractivity contribution is 0.603. The van der Waals surface area contributed by atoms with Crippen LogP contribution in [0, 0.1) is 12.7 Å². The van der Waals surface area contributed by atoms with E-state index in [1.165, 1.54) is 10.9 Å². The summed E-state index contributed by atoms with van der Waals surface area (Å²) < 4.78 is 14.2. The number of thiazole rings is 1. The smallest absolute Gasteiger partial charge is 0.134 e. The van der Waals surface area contributed by atoms with Gasteiger partial charge in [0.2, 0.25) is 0 Å². The van der Waals surface area contributed by atoms with Crippen molar-refractivity contribution in [2.45, 2.75) is 31.7 Å². The minimum Gasteiger partial charge on any atom is -0.310 e. The molecule has 1 atom stereocenters. The SMILES string of the molecule is CCNC(C)c1sc(-c2c(F)cccc2SC)nc1C. The van der Waals surface area contributed by atoms with Gasteiger partial charge in [0.25, 0.3) is 0 Å². The van der Waals surface area contributed by atoms with Crippen molar-refractivity contribution < 1.29 is 4.39 Å². The summed E-state index contributed by atoms with van der Waals surface area (Å²) in [7, 11) is 0. The number of thioether (sulfide) groups is 1. The minimum absolute atomic E-state index is 0.201. The zero-order valence-corrected chi connectivity index (χ0v) is 13.8. The van der Waals surface area contributed by atoms with Gasteiger partial charge in [0.1, 0.15) is 10.8 Å². The first-order valence-electron chi connectivity index (χ1n) is 6.62. The van der Waals surface area contributed by atoms with Gasteiger partial charge in [-0.3, -0.25) is 0 Å². The summed E-state index contributed by atoms with van der Waals surface area (Å²) in [4.78, 5) is 6.69. The van der Waals surface area contributed by atoms with Crippen LogP contribution in [0.15, 0.2) is 23.1 Å². The van der Waals surface area contributed by atoms with Crippen molar-refractivity contribution in [1.82, 2.24) is 10.3 Å². The molecule has 1 N–H and O–H groups in total. The highest BCUT2D eigenvalue weighted by atomic mass is 32.2. The summed E-state index contributed by atoms with van der Waals surface area (Å²) in [6.07, 6.45) is 1.96. The van der Waals surface area contributed by atoms with Gasteiger partial charge in [0.15, 0.2) is 0 Å². The Balaban J connectivity index is 2.47. The van der Waals surface area contributed by atoms with Crippen molar-refractivity contribution in [2.24, 2.45) is 0 Å². The van der Waals surface area contributed by atoms with Crippen molar-refractivity contribution >= 4 is 23.1 Å². The average molecular weight is 310 g/mol. The summed E-state index contributed by atoms with van der Waals surface area (Å²) in [6, 6.07) is 5.43. The lowest BCUT2D eigenvalue weighted by atomic mass is 10.2. The summed E-state index contributed by atoms with van der Waals surface area (Å²) >= 11 is 3.13. The van der Waals surface area contributed by atoms with Crippen LogP contribution in [0.3, 0.4) is 0 Å². The number of aryl methyl sites for hydroxylation is 1. The molecule has 1 aromatic carbocycles. The normalized spacial score (nSPS) is 12.7. The molecule has 0 aliphatic carbocycles. The fourth-order valence-corrected chi connectivity index (χ4v) is 4.03. The van der Waals surface area contributed by atoms with Crippen LogP contribution in [-0.4, -0.2) is 17.8 Å². The van der Waals surface area contributed by atoms with Crippen molar-refractivity contribution in [3.8, 4) is 10.6 Å². The number of benzene rings is 1. The maximum absolute atomic E-state index is 14.2. The van der Waals surface area contributed by atoms with E-state index in [1.54, 1.807) is 29.2 Å². The number of nitrogens with zero attached hydrogens (tertiary/aromatic N) is 1. The quantitative estimate of drug-likeness (QED) is 0.814. The lowest BCUT2D eigenvalue weighted by Gasteiger charge is -2.10. The van der Waals surface area contributed by atoms with Crippen molar-refractivity contribution in [3.63, 3.8) is 0 Å². The molecule has 0 aliphatic heterocycles. The Morgan fingerprint density at radius 3 is 2.85 bits per heavy atom. The molecule has 5 heteroatoms. The second kappa shape index (κ2) is 6.70. The second-order valence-electron chi connectivity index (χ2n) is 4.57. The van der Waals surface area contributed by atoms with E-state index in [0.29, 0.717) is 5.56 Å². The van der Waals surface area contributed by atoms with Gasteiger partial charge in [-0.05, 0) is 38.8 Å². The van der Waals surface area contributed by atoms with Crippen molar-refractivity contribution in [1.29, 1.82) is 0 Å². The fraction of sp³-hybridized carbons (Fsp3) is 0.400. The van der Waals surface area contributed by atoms with E-state index in [-0.39, 0.29) is 11.9 Å². The van der Waals surface area contributed by atoms with Gasteiger partial charge in [-0.2, -0.15) is 0 Å². The molecule has 0 spiro atoms. The molecule has 2 nitrogen and oxygen atoms in total. The lowest BCUT2D eigenvalue weighted by Crippen LogP contribution is -2.17. The maximum Gasteiger partial charge on any atom is 0.134 e. The Labute approximate surface area is 127 Å². The third kappa shape index (κ3) is 3.05. The average Bonchev–Trinajstić information content (AvgIpc) is 2.80. The van der Waals surface area contributed by atoms with E-state index in [1.807, 2.05) is 19.2 Å². The van der Waals surface area contributed by atoms with Gasteiger partial charge in [-0.15, -0.1) is 23.1 Å². The number of rotatable bonds is 5. The predicted molar refractivity (Wildman–Crippen MR) is 86.1 cm³/mol. The van der Waals surface area contributed by atoms with Crippen molar-refractivity contribution in [2.75, 3.05) is 12.8 Å². The largest absolute Gasteiger partial charge is 0.310 e. The van der Waals surface area contributed by atoms with E-state index in [9.17, 15) is 4.39 Å². The minimum atomic E-state index is -0.201. The van der Waals surface area contributed by atoms with Crippen LogP contribution in [0.4, 0.5) is 4.39 Å². The van der Waals surface area contributed by atoms with Crippen molar-refractivity contribution in [3.05, 3.63) is 34.6 Å². The first-order chi connectivity index (χ1) is 9.58. The van der Waals surface area contributed by atoms with Gasteiger partial charge >= 0.3 is 0 Å². The fourth-order valence-electron chi connectivity index (χ4n) is 2.20. The van der Waals surface area contributed by atoms with Crippen LogP contribution in [0.5, 0.6) is 0 Å². The molecule has 0 bridgehead atoms. The monoisotopic (exact) mass is 310 g/mol. The Morgan fingerprint density at radius 2 is 2.20 bits per heavy atom. The number of nitrogens with one attached hydrogen (secondary N) is 1. The Bertz CT molecular complexity index is 596. The number of hydrogen-bond donors (Lipinski definition) is 1. The third-order valence-corrected chi connectivity index (χ3v) is 5.28. The van der Waals surface area contributed by atoms with E-state index >= 15 is 0 Å². The summed E-state index contributed by atoms with van der Waals surface area (Å²) in [6.45, 7) is 7.09. The highest BCUT2D eigenvalue weighted by molar-refractivity contribution is 7.98. The van der Waals surface area contributed by atoms with E-state index in [0.717, 1.165) is 22.1 Å². The molecule has 20 heavy (non-hydrogen) atoms. The summed E-state index contributed by atoms with van der Waals surface area (Å²) in [5.74, 6) is -0.201. The van der Waals surface area contributed by atoms with Crippen LogP contribution in [0.1, 0.15) is 30.5 Å². The first-order valence-corrected chi connectivity index (χ1v) is 8.66. The maximum atomic E-state index is 14.2. The second-order valence-corrected chi connectivity index (χ2v) is 6.44. The van der Waals surface area contributed by atoms with Gasteiger partial charge in [-0.25, -0.2) is 9.37 Å². The van der Waals surface area contributed by atoms with Crippen LogP contribution in [0.2, 0.25) is 0 Å². The zero-order valence-electron chi connectivity index (χ0n) is 12.2. The molecular formula is C15H19FN2S2. The van der Waals surface area contributed by atoms with Crippen LogP contribution in [-0.2, 0) is 0 Å². The third-order valence-electron chi connectivity index (χ3n) is 3.15. The van der Waals surface area contributed by atoms with Gasteiger partial charge in [0.05, 0.1) is 11.3 Å². The van der Waals surface area contributed by atoms with E-state index in [4.69, 9.17) is 0 Å². The Hall–Kier alpha value is -0.910. The molecule has 0 saturated heterocycles. The highest BCUT2D eigenvalue weighted by Crippen LogP contribution is 2.37. The summed E-state index contributed by atoms with van der Waals surface area (Å²) in [5, 5.41) is 4.15. The standard InChI is InChI=1S/C15H19FN2S2/c1-5-17-9(2)14-10(3)18-15(20-14)13-11(16)7-6-8-12(13)19-4/h6-9,17H,5H2,1-4H3. The number of halogens is 1. The molecule has 0 fully saturated rings. The summed E-state index contributed by atoms with van der Waals surface area (Å²) in [5.41, 5.74) is 1.61. The number of hydrogen-bond acceptors (Lipinski definition) is 4. The van der Waals surface area contributed by atoms with Crippen LogP contribution < -0.4 is 5.32 Å². The predicted octanol–water partition coefficient (Wildman–Crippen LogP) is 4.65. The van der Waals surface area contributed by atoms with Crippen LogP contribution in [0.25, 0.3) is 10.6 Å².